The first kappa shape index (κ1) is 16.5. The van der Waals surface area contributed by atoms with E-state index in [1.807, 2.05) is 13.0 Å². The first-order valence-electron chi connectivity index (χ1n) is 7.47. The molecule has 0 aliphatic heterocycles. The molecule has 1 aliphatic rings. The molecule has 1 aromatic rings. The van der Waals surface area contributed by atoms with Crippen LogP contribution in [-0.4, -0.2) is 27.2 Å². The van der Waals surface area contributed by atoms with Gasteiger partial charge in [-0.15, -0.1) is 0 Å². The molecule has 4 nitrogen and oxygen atoms in total. The fraction of sp³-hybridized carbons (Fsp3) is 0.625. The lowest BCUT2D eigenvalue weighted by atomic mass is 9.79. The molecule has 118 valence electrons. The SMILES string of the molecule is COS(=O)(=O)c1ccc(C)cc1CC1CCC(CO)CC1. The van der Waals surface area contributed by atoms with Crippen LogP contribution in [0.15, 0.2) is 23.1 Å². The predicted octanol–water partition coefficient (Wildman–Crippen LogP) is 2.67. The van der Waals surface area contributed by atoms with E-state index in [4.69, 9.17) is 0 Å². The van der Waals surface area contributed by atoms with Gasteiger partial charge >= 0.3 is 0 Å². The van der Waals surface area contributed by atoms with Gasteiger partial charge in [0, 0.05) is 6.61 Å². The fourth-order valence-corrected chi connectivity index (χ4v) is 4.01. The summed E-state index contributed by atoms with van der Waals surface area (Å²) in [6.45, 7) is 2.23. The molecule has 1 N–H and O–H groups in total. The molecular weight excluding hydrogens is 288 g/mol. The number of hydrogen-bond donors (Lipinski definition) is 1. The number of aliphatic hydroxyl groups excluding tert-OH is 1. The molecule has 0 atom stereocenters. The minimum atomic E-state index is -3.65. The summed E-state index contributed by atoms with van der Waals surface area (Å²) >= 11 is 0. The van der Waals surface area contributed by atoms with E-state index in [1.165, 1.54) is 7.11 Å². The topological polar surface area (TPSA) is 63.6 Å². The van der Waals surface area contributed by atoms with Crippen LogP contribution < -0.4 is 0 Å². The maximum atomic E-state index is 12.0. The summed E-state index contributed by atoms with van der Waals surface area (Å²) in [7, 11) is -2.45. The van der Waals surface area contributed by atoms with Crippen molar-refractivity contribution in [1.82, 2.24) is 0 Å². The Labute approximate surface area is 127 Å². The molecule has 1 aliphatic carbocycles. The van der Waals surface area contributed by atoms with Gasteiger partial charge in [-0.3, -0.25) is 4.18 Å². The van der Waals surface area contributed by atoms with Gasteiger partial charge in [0.2, 0.25) is 0 Å². The van der Waals surface area contributed by atoms with Gasteiger partial charge in [0.15, 0.2) is 0 Å². The van der Waals surface area contributed by atoms with E-state index in [9.17, 15) is 13.5 Å². The Kier molecular flexibility index (Phi) is 5.41. The van der Waals surface area contributed by atoms with Crippen molar-refractivity contribution in [2.24, 2.45) is 11.8 Å². The molecule has 5 heteroatoms. The molecule has 0 aromatic heterocycles. The van der Waals surface area contributed by atoms with Crippen LogP contribution in [0.25, 0.3) is 0 Å². The van der Waals surface area contributed by atoms with Crippen LogP contribution in [0.3, 0.4) is 0 Å². The van der Waals surface area contributed by atoms with E-state index in [1.54, 1.807) is 12.1 Å². The van der Waals surface area contributed by atoms with Crippen molar-refractivity contribution in [3.8, 4) is 0 Å². The average Bonchev–Trinajstić information content (AvgIpc) is 2.48. The number of aryl methyl sites for hydroxylation is 1. The second-order valence-corrected chi connectivity index (χ2v) is 7.69. The lowest BCUT2D eigenvalue weighted by Crippen LogP contribution is -2.19. The largest absolute Gasteiger partial charge is 0.396 e. The Bertz CT molecular complexity index is 572. The van der Waals surface area contributed by atoms with Crippen molar-refractivity contribution < 1.29 is 17.7 Å². The van der Waals surface area contributed by atoms with Crippen molar-refractivity contribution in [2.45, 2.75) is 43.9 Å². The second-order valence-electron chi connectivity index (χ2n) is 6.01. The van der Waals surface area contributed by atoms with Crippen LogP contribution in [0.1, 0.15) is 36.8 Å². The summed E-state index contributed by atoms with van der Waals surface area (Å²) < 4.78 is 28.7. The smallest absolute Gasteiger partial charge is 0.296 e. The summed E-state index contributed by atoms with van der Waals surface area (Å²) in [5.74, 6) is 0.904. The van der Waals surface area contributed by atoms with Gasteiger partial charge in [-0.1, -0.05) is 17.7 Å². The Morgan fingerprint density at radius 1 is 1.19 bits per heavy atom. The summed E-state index contributed by atoms with van der Waals surface area (Å²) in [6.07, 6.45) is 4.91. The summed E-state index contributed by atoms with van der Waals surface area (Å²) in [5.41, 5.74) is 1.91. The number of rotatable bonds is 5. The Morgan fingerprint density at radius 2 is 1.81 bits per heavy atom. The summed E-state index contributed by atoms with van der Waals surface area (Å²) in [4.78, 5) is 0.292. The van der Waals surface area contributed by atoms with Gasteiger partial charge in [0.25, 0.3) is 10.1 Å². The first-order chi connectivity index (χ1) is 9.96. The lowest BCUT2D eigenvalue weighted by molar-refractivity contribution is 0.167. The van der Waals surface area contributed by atoms with Crippen LogP contribution in [0.4, 0.5) is 0 Å². The van der Waals surface area contributed by atoms with E-state index in [0.29, 0.717) is 16.7 Å². The highest BCUT2D eigenvalue weighted by molar-refractivity contribution is 7.86. The molecule has 1 aromatic carbocycles. The molecule has 0 saturated heterocycles. The second kappa shape index (κ2) is 6.90. The molecule has 2 rings (SSSR count). The van der Waals surface area contributed by atoms with E-state index >= 15 is 0 Å². The fourth-order valence-electron chi connectivity index (χ4n) is 3.13. The van der Waals surface area contributed by atoms with Gasteiger partial charge in [-0.05, 0) is 62.5 Å². The maximum Gasteiger partial charge on any atom is 0.296 e. The van der Waals surface area contributed by atoms with Gasteiger partial charge in [0.1, 0.15) is 0 Å². The highest BCUT2D eigenvalue weighted by atomic mass is 32.2. The molecule has 1 fully saturated rings. The molecule has 0 unspecified atom stereocenters. The maximum absolute atomic E-state index is 12.0. The highest BCUT2D eigenvalue weighted by Crippen LogP contribution is 2.32. The third kappa shape index (κ3) is 4.05. The van der Waals surface area contributed by atoms with Crippen molar-refractivity contribution in [3.05, 3.63) is 29.3 Å². The van der Waals surface area contributed by atoms with E-state index < -0.39 is 10.1 Å². The van der Waals surface area contributed by atoms with Gasteiger partial charge in [-0.2, -0.15) is 8.42 Å². The van der Waals surface area contributed by atoms with Crippen LogP contribution >= 0.6 is 0 Å². The quantitative estimate of drug-likeness (QED) is 0.849. The molecule has 0 spiro atoms. The average molecular weight is 312 g/mol. The number of benzene rings is 1. The molecule has 0 bridgehead atoms. The monoisotopic (exact) mass is 312 g/mol. The summed E-state index contributed by atoms with van der Waals surface area (Å²) in [6, 6.07) is 5.39. The van der Waals surface area contributed by atoms with Crippen LogP contribution in [-0.2, 0) is 20.7 Å². The van der Waals surface area contributed by atoms with Gasteiger partial charge in [-0.25, -0.2) is 0 Å². The summed E-state index contributed by atoms with van der Waals surface area (Å²) in [5, 5.41) is 9.19. The standard InChI is InChI=1S/C16H24O4S/c1-12-3-8-16(21(18,19)20-2)15(9-12)10-13-4-6-14(11-17)7-5-13/h3,8-9,13-14,17H,4-7,10-11H2,1-2H3. The van der Waals surface area contributed by atoms with Gasteiger partial charge < -0.3 is 5.11 Å². The van der Waals surface area contributed by atoms with E-state index in [-0.39, 0.29) is 6.61 Å². The minimum absolute atomic E-state index is 0.264. The highest BCUT2D eigenvalue weighted by Gasteiger charge is 2.24. The molecule has 0 heterocycles. The van der Waals surface area contributed by atoms with Crippen molar-refractivity contribution in [2.75, 3.05) is 13.7 Å². The molecule has 0 amide bonds. The molecular formula is C16H24O4S. The van der Waals surface area contributed by atoms with Gasteiger partial charge in [0.05, 0.1) is 12.0 Å². The molecule has 1 saturated carbocycles. The molecule has 0 radical (unpaired) electrons. The van der Waals surface area contributed by atoms with Crippen molar-refractivity contribution in [3.63, 3.8) is 0 Å². The first-order valence-corrected chi connectivity index (χ1v) is 8.88. The number of aliphatic hydroxyl groups is 1. The normalized spacial score (nSPS) is 23.2. The lowest BCUT2D eigenvalue weighted by Gasteiger charge is -2.27. The number of hydrogen-bond acceptors (Lipinski definition) is 4. The predicted molar refractivity (Wildman–Crippen MR) is 81.6 cm³/mol. The molecule has 21 heavy (non-hydrogen) atoms. The zero-order chi connectivity index (χ0) is 15.5. The van der Waals surface area contributed by atoms with E-state index in [0.717, 1.165) is 43.2 Å². The zero-order valence-corrected chi connectivity index (χ0v) is 13.5. The van der Waals surface area contributed by atoms with Crippen molar-refractivity contribution >= 4 is 10.1 Å². The Hall–Kier alpha value is -0.910. The van der Waals surface area contributed by atoms with E-state index in [2.05, 4.69) is 4.18 Å². The van der Waals surface area contributed by atoms with Crippen LogP contribution in [0, 0.1) is 18.8 Å². The van der Waals surface area contributed by atoms with Crippen LogP contribution in [0.5, 0.6) is 0 Å². The Morgan fingerprint density at radius 3 is 2.38 bits per heavy atom. The van der Waals surface area contributed by atoms with Crippen LogP contribution in [0.2, 0.25) is 0 Å². The Balaban J connectivity index is 2.18. The third-order valence-electron chi connectivity index (χ3n) is 4.44. The van der Waals surface area contributed by atoms with Crippen molar-refractivity contribution in [1.29, 1.82) is 0 Å². The minimum Gasteiger partial charge on any atom is -0.396 e. The zero-order valence-electron chi connectivity index (χ0n) is 12.7. The third-order valence-corrected chi connectivity index (χ3v) is 5.81.